The topological polar surface area (TPSA) is 86.0 Å². The number of aromatic nitrogens is 3. The summed E-state index contributed by atoms with van der Waals surface area (Å²) in [5, 5.41) is 4.93. The van der Waals surface area contributed by atoms with Crippen molar-refractivity contribution in [2.45, 2.75) is 23.2 Å². The Balaban J connectivity index is 2.17. The SMILES string of the molecule is COc1ccc(-c2nc(NCC(C)(C)N)nc(C(Cl)(Cl)Cl)n2)c2ccccc12. The first-order chi connectivity index (χ1) is 13.1. The first-order valence-corrected chi connectivity index (χ1v) is 9.64. The molecule has 0 atom stereocenters. The smallest absolute Gasteiger partial charge is 0.250 e. The molecule has 0 saturated heterocycles. The fourth-order valence-corrected chi connectivity index (χ4v) is 2.91. The number of alkyl halides is 3. The number of methoxy groups -OCH3 is 1. The van der Waals surface area contributed by atoms with Gasteiger partial charge in [-0.2, -0.15) is 9.97 Å². The van der Waals surface area contributed by atoms with Gasteiger partial charge in [-0.15, -0.1) is 0 Å². The normalized spacial score (nSPS) is 12.2. The van der Waals surface area contributed by atoms with Gasteiger partial charge in [0.15, 0.2) is 11.6 Å². The molecule has 0 aliphatic heterocycles. The molecule has 0 aliphatic rings. The average Bonchev–Trinajstić information content (AvgIpc) is 2.64. The number of halogens is 3. The van der Waals surface area contributed by atoms with Crippen molar-refractivity contribution in [2.24, 2.45) is 5.73 Å². The molecule has 0 radical (unpaired) electrons. The molecule has 6 nitrogen and oxygen atoms in total. The van der Waals surface area contributed by atoms with E-state index in [9.17, 15) is 0 Å². The van der Waals surface area contributed by atoms with Crippen LogP contribution in [-0.4, -0.2) is 34.1 Å². The molecule has 0 aliphatic carbocycles. The zero-order chi connectivity index (χ0) is 20.5. The summed E-state index contributed by atoms with van der Waals surface area (Å²) in [6, 6.07) is 11.5. The number of benzene rings is 2. The Bertz CT molecular complexity index is 999. The zero-order valence-corrected chi connectivity index (χ0v) is 17.9. The second-order valence-corrected chi connectivity index (χ2v) is 9.29. The Morgan fingerprint density at radius 2 is 1.68 bits per heavy atom. The fourth-order valence-electron chi connectivity index (χ4n) is 2.65. The van der Waals surface area contributed by atoms with Crippen LogP contribution in [0.1, 0.15) is 19.7 Å². The van der Waals surface area contributed by atoms with Crippen LogP contribution in [-0.2, 0) is 3.79 Å². The highest BCUT2D eigenvalue weighted by Gasteiger charge is 2.29. The van der Waals surface area contributed by atoms with Gasteiger partial charge in [-0.1, -0.05) is 59.1 Å². The molecule has 2 aromatic carbocycles. The van der Waals surface area contributed by atoms with Crippen molar-refractivity contribution < 1.29 is 4.74 Å². The fraction of sp³-hybridized carbons (Fsp3) is 0.316. The summed E-state index contributed by atoms with van der Waals surface area (Å²) in [6.45, 7) is 4.20. The molecule has 0 unspecified atom stereocenters. The van der Waals surface area contributed by atoms with E-state index in [0.29, 0.717) is 12.4 Å². The van der Waals surface area contributed by atoms with Crippen molar-refractivity contribution in [3.05, 3.63) is 42.2 Å². The molecule has 148 valence electrons. The summed E-state index contributed by atoms with van der Waals surface area (Å²) in [5.41, 5.74) is 6.33. The zero-order valence-electron chi connectivity index (χ0n) is 15.6. The molecule has 3 rings (SSSR count). The predicted molar refractivity (Wildman–Crippen MR) is 115 cm³/mol. The highest BCUT2D eigenvalue weighted by Crippen LogP contribution is 2.38. The van der Waals surface area contributed by atoms with Crippen LogP contribution in [0.25, 0.3) is 22.2 Å². The minimum atomic E-state index is -1.80. The molecule has 3 N–H and O–H groups in total. The second-order valence-electron chi connectivity index (χ2n) is 7.01. The van der Waals surface area contributed by atoms with Crippen LogP contribution in [0.5, 0.6) is 5.75 Å². The van der Waals surface area contributed by atoms with Gasteiger partial charge in [0.1, 0.15) is 5.75 Å². The molecule has 9 heteroatoms. The number of ether oxygens (including phenoxy) is 1. The van der Waals surface area contributed by atoms with Gasteiger partial charge in [-0.25, -0.2) is 4.98 Å². The predicted octanol–water partition coefficient (Wildman–Crippen LogP) is 4.68. The van der Waals surface area contributed by atoms with E-state index in [2.05, 4.69) is 20.3 Å². The molecule has 1 aromatic heterocycles. The lowest BCUT2D eigenvalue weighted by atomic mass is 10.0. The molecule has 0 bridgehead atoms. The van der Waals surface area contributed by atoms with Crippen LogP contribution in [0.2, 0.25) is 0 Å². The number of nitrogens with one attached hydrogen (secondary N) is 1. The Morgan fingerprint density at radius 3 is 2.29 bits per heavy atom. The van der Waals surface area contributed by atoms with Gasteiger partial charge in [-0.05, 0) is 31.4 Å². The van der Waals surface area contributed by atoms with Crippen LogP contribution in [0.4, 0.5) is 5.95 Å². The third-order valence-corrected chi connectivity index (χ3v) is 4.44. The molecule has 0 amide bonds. The van der Waals surface area contributed by atoms with E-state index in [0.717, 1.165) is 22.1 Å². The van der Waals surface area contributed by atoms with Crippen molar-refractivity contribution in [3.8, 4) is 17.1 Å². The number of nitrogens with two attached hydrogens (primary N) is 1. The van der Waals surface area contributed by atoms with Crippen LogP contribution < -0.4 is 15.8 Å². The lowest BCUT2D eigenvalue weighted by molar-refractivity contribution is 0.420. The Kier molecular flexibility index (Phi) is 5.87. The van der Waals surface area contributed by atoms with Gasteiger partial charge in [-0.3, -0.25) is 0 Å². The first-order valence-electron chi connectivity index (χ1n) is 8.50. The highest BCUT2D eigenvalue weighted by atomic mass is 35.6. The third-order valence-electron chi connectivity index (χ3n) is 3.94. The Hall–Kier alpha value is -1.86. The van der Waals surface area contributed by atoms with Crippen molar-refractivity contribution in [1.29, 1.82) is 0 Å². The molecular weight excluding hydrogens is 421 g/mol. The van der Waals surface area contributed by atoms with Gasteiger partial charge in [0.25, 0.3) is 0 Å². The third kappa shape index (κ3) is 4.75. The van der Waals surface area contributed by atoms with E-state index in [1.54, 1.807) is 7.11 Å². The van der Waals surface area contributed by atoms with E-state index in [4.69, 9.17) is 45.3 Å². The van der Waals surface area contributed by atoms with E-state index in [1.165, 1.54) is 0 Å². The maximum atomic E-state index is 6.05. The van der Waals surface area contributed by atoms with Crippen molar-refractivity contribution >= 4 is 51.5 Å². The number of anilines is 1. The monoisotopic (exact) mass is 439 g/mol. The molecule has 1 heterocycles. The summed E-state index contributed by atoms with van der Waals surface area (Å²) in [7, 11) is 1.63. The van der Waals surface area contributed by atoms with Crippen LogP contribution in [0, 0.1) is 0 Å². The minimum Gasteiger partial charge on any atom is -0.496 e. The van der Waals surface area contributed by atoms with E-state index in [1.807, 2.05) is 50.2 Å². The maximum Gasteiger partial charge on any atom is 0.250 e. The number of fused-ring (bicyclic) bond motifs is 1. The van der Waals surface area contributed by atoms with Crippen LogP contribution >= 0.6 is 34.8 Å². The highest BCUT2D eigenvalue weighted by molar-refractivity contribution is 6.66. The largest absolute Gasteiger partial charge is 0.496 e. The Labute approximate surface area is 178 Å². The molecule has 3 aromatic rings. The molecular formula is C19H20Cl3N5O. The van der Waals surface area contributed by atoms with E-state index < -0.39 is 9.33 Å². The summed E-state index contributed by atoms with van der Waals surface area (Å²) in [6.07, 6.45) is 0. The van der Waals surface area contributed by atoms with Gasteiger partial charge < -0.3 is 15.8 Å². The van der Waals surface area contributed by atoms with Gasteiger partial charge in [0, 0.05) is 23.0 Å². The van der Waals surface area contributed by atoms with Gasteiger partial charge >= 0.3 is 0 Å². The van der Waals surface area contributed by atoms with Gasteiger partial charge in [0.05, 0.1) is 7.11 Å². The number of hydrogen-bond donors (Lipinski definition) is 2. The quantitative estimate of drug-likeness (QED) is 0.560. The summed E-state index contributed by atoms with van der Waals surface area (Å²) in [5.74, 6) is 1.44. The average molecular weight is 441 g/mol. The lowest BCUT2D eigenvalue weighted by Gasteiger charge is -2.20. The van der Waals surface area contributed by atoms with E-state index in [-0.39, 0.29) is 11.8 Å². The van der Waals surface area contributed by atoms with Crippen molar-refractivity contribution in [3.63, 3.8) is 0 Å². The number of hydrogen-bond acceptors (Lipinski definition) is 6. The number of nitrogens with zero attached hydrogens (tertiary/aromatic N) is 3. The molecule has 28 heavy (non-hydrogen) atoms. The lowest BCUT2D eigenvalue weighted by Crippen LogP contribution is -2.40. The molecule has 0 fully saturated rings. The maximum absolute atomic E-state index is 6.05. The summed E-state index contributed by atoms with van der Waals surface area (Å²) in [4.78, 5) is 13.2. The standard InChI is InChI=1S/C19H20Cl3N5O/c1-18(2,23)10-24-17-26-15(25-16(27-17)19(20,21)22)13-8-9-14(28-3)12-7-5-4-6-11(12)13/h4-9H,10,23H2,1-3H3,(H,24,25,26,27). The van der Waals surface area contributed by atoms with Crippen molar-refractivity contribution in [2.75, 3.05) is 19.0 Å². The van der Waals surface area contributed by atoms with Crippen LogP contribution in [0.3, 0.4) is 0 Å². The Morgan fingerprint density at radius 1 is 1.00 bits per heavy atom. The van der Waals surface area contributed by atoms with E-state index >= 15 is 0 Å². The first kappa shape index (κ1) is 20.9. The number of rotatable bonds is 5. The molecule has 0 spiro atoms. The van der Waals surface area contributed by atoms with Crippen LogP contribution in [0.15, 0.2) is 36.4 Å². The second kappa shape index (κ2) is 7.87. The summed E-state index contributed by atoms with van der Waals surface area (Å²) >= 11 is 18.2. The van der Waals surface area contributed by atoms with Gasteiger partial charge in [0.2, 0.25) is 9.74 Å². The van der Waals surface area contributed by atoms with Crippen molar-refractivity contribution in [1.82, 2.24) is 15.0 Å². The molecule has 0 saturated carbocycles. The minimum absolute atomic E-state index is 0.0275. The summed E-state index contributed by atoms with van der Waals surface area (Å²) < 4.78 is 3.66.